The zero-order valence-corrected chi connectivity index (χ0v) is 8.21. The predicted molar refractivity (Wildman–Crippen MR) is 48.5 cm³/mol. The molecule has 14 heavy (non-hydrogen) atoms. The number of rotatable bonds is 3. The van der Waals surface area contributed by atoms with Crippen LogP contribution in [0.3, 0.4) is 0 Å². The second-order valence-electron chi connectivity index (χ2n) is 2.89. The Hall–Kier alpha value is -0.920. The van der Waals surface area contributed by atoms with E-state index in [-0.39, 0.29) is 11.1 Å². The third-order valence-corrected chi connectivity index (χ3v) is 2.58. The van der Waals surface area contributed by atoms with Crippen LogP contribution in [-0.2, 0) is 19.8 Å². The molecular formula is C7H11NO5S. The lowest BCUT2D eigenvalue weighted by Gasteiger charge is -2.09. The molecule has 0 aliphatic carbocycles. The number of hydrogen-bond donors (Lipinski definition) is 2. The van der Waals surface area contributed by atoms with Crippen molar-refractivity contribution in [1.82, 2.24) is 5.32 Å². The first-order valence-electron chi connectivity index (χ1n) is 4.15. The van der Waals surface area contributed by atoms with Crippen molar-refractivity contribution < 1.29 is 23.1 Å². The highest BCUT2D eigenvalue weighted by atomic mass is 32.2. The highest BCUT2D eigenvalue weighted by Gasteiger charge is 2.22. The Bertz CT molecular complexity index is 333. The van der Waals surface area contributed by atoms with E-state index in [0.717, 1.165) is 13.0 Å². The summed E-state index contributed by atoms with van der Waals surface area (Å²) in [6, 6.07) is -0.368. The summed E-state index contributed by atoms with van der Waals surface area (Å²) in [5.74, 6) is -1.19. The van der Waals surface area contributed by atoms with Gasteiger partial charge in [0.25, 0.3) is 0 Å². The second-order valence-corrected chi connectivity index (χ2v) is 3.76. The first kappa shape index (κ1) is 11.2. The van der Waals surface area contributed by atoms with Crippen LogP contribution in [0, 0.1) is 0 Å². The Morgan fingerprint density at radius 2 is 2.29 bits per heavy atom. The van der Waals surface area contributed by atoms with Crippen molar-refractivity contribution in [3.8, 4) is 0 Å². The van der Waals surface area contributed by atoms with E-state index in [1.165, 1.54) is 0 Å². The van der Waals surface area contributed by atoms with Gasteiger partial charge in [0, 0.05) is 0 Å². The first-order chi connectivity index (χ1) is 6.61. The van der Waals surface area contributed by atoms with E-state index in [4.69, 9.17) is 9.84 Å². The van der Waals surface area contributed by atoms with Gasteiger partial charge in [0.1, 0.15) is 0 Å². The summed E-state index contributed by atoms with van der Waals surface area (Å²) in [5, 5.41) is 11.0. The number of carboxylic acids is 1. The highest BCUT2D eigenvalue weighted by Crippen LogP contribution is 2.06. The molecule has 1 rings (SSSR count). The maximum Gasteiger partial charge on any atom is 0.330 e. The molecule has 0 saturated carbocycles. The average molecular weight is 221 g/mol. The quantitative estimate of drug-likeness (QED) is 0.584. The molecule has 0 aromatic rings. The van der Waals surface area contributed by atoms with Crippen LogP contribution >= 0.6 is 0 Å². The molecule has 0 bridgehead atoms. The van der Waals surface area contributed by atoms with Crippen LogP contribution in [0.15, 0.2) is 0 Å². The molecule has 0 spiro atoms. The monoisotopic (exact) mass is 221 g/mol. The molecule has 0 radical (unpaired) electrons. The van der Waals surface area contributed by atoms with E-state index in [0.29, 0.717) is 6.42 Å². The van der Waals surface area contributed by atoms with Gasteiger partial charge in [-0.3, -0.25) is 0 Å². The molecule has 6 nitrogen and oxygen atoms in total. The Labute approximate surface area is 82.4 Å². The molecule has 1 heterocycles. The van der Waals surface area contributed by atoms with Crippen LogP contribution < -0.4 is 5.32 Å². The minimum Gasteiger partial charge on any atom is -0.480 e. The maximum atomic E-state index is 10.7. The molecule has 1 fully saturated rings. The molecule has 2 N–H and O–H groups in total. The van der Waals surface area contributed by atoms with Gasteiger partial charge < -0.3 is 15.2 Å². The van der Waals surface area contributed by atoms with Gasteiger partial charge in [-0.2, -0.15) is 8.42 Å². The summed E-state index contributed by atoms with van der Waals surface area (Å²) in [7, 11) is -2.49. The third kappa shape index (κ3) is 3.09. The molecule has 7 heteroatoms. The van der Waals surface area contributed by atoms with E-state index in [2.05, 4.69) is 5.32 Å². The fourth-order valence-electron chi connectivity index (χ4n) is 1.28. The fourth-order valence-corrected chi connectivity index (χ4v) is 1.87. The standard InChI is InChI=1S/C7H11NO5S/c9-6(10)4-13-7(14(11)12)5-2-1-3-8-5/h5,8H,1-4H2,(H,9,10). The summed E-state index contributed by atoms with van der Waals surface area (Å²) in [5.41, 5.74) is 0. The van der Waals surface area contributed by atoms with Gasteiger partial charge in [-0.05, 0) is 19.4 Å². The number of hydrogen-bond acceptors (Lipinski definition) is 5. The number of carboxylic acid groups (broad SMARTS) is 1. The van der Waals surface area contributed by atoms with Gasteiger partial charge in [-0.1, -0.05) is 0 Å². The Morgan fingerprint density at radius 1 is 1.57 bits per heavy atom. The van der Waals surface area contributed by atoms with Gasteiger partial charge in [-0.25, -0.2) is 4.79 Å². The lowest BCUT2D eigenvalue weighted by atomic mass is 10.2. The summed E-state index contributed by atoms with van der Waals surface area (Å²) in [6.07, 6.45) is 1.52. The lowest BCUT2D eigenvalue weighted by molar-refractivity contribution is -0.139. The van der Waals surface area contributed by atoms with Crippen molar-refractivity contribution in [2.24, 2.45) is 0 Å². The van der Waals surface area contributed by atoms with E-state index in [9.17, 15) is 13.2 Å². The smallest absolute Gasteiger partial charge is 0.330 e. The normalized spacial score (nSPS) is 20.7. The molecule has 1 saturated heterocycles. The van der Waals surface area contributed by atoms with Gasteiger partial charge in [0.15, 0.2) is 11.7 Å². The zero-order chi connectivity index (χ0) is 10.6. The van der Waals surface area contributed by atoms with Crippen LogP contribution in [0.25, 0.3) is 0 Å². The van der Waals surface area contributed by atoms with Gasteiger partial charge in [0.05, 0.1) is 6.04 Å². The van der Waals surface area contributed by atoms with E-state index in [1.807, 2.05) is 0 Å². The van der Waals surface area contributed by atoms with Crippen LogP contribution in [0.1, 0.15) is 12.8 Å². The van der Waals surface area contributed by atoms with Gasteiger partial charge >= 0.3 is 5.97 Å². The Balaban J connectivity index is 2.66. The molecule has 1 aliphatic heterocycles. The lowest BCUT2D eigenvalue weighted by Crippen LogP contribution is -2.34. The summed E-state index contributed by atoms with van der Waals surface area (Å²) < 4.78 is 26.1. The second kappa shape index (κ2) is 5.08. The number of ether oxygens (including phenoxy) is 1. The molecule has 1 unspecified atom stereocenters. The van der Waals surface area contributed by atoms with Crippen LogP contribution in [0.5, 0.6) is 0 Å². The topological polar surface area (TPSA) is 92.7 Å². The Kier molecular flexibility index (Phi) is 4.05. The SMILES string of the molecule is O=C(O)COC(C1CCCN1)=S(=O)=O. The molecule has 0 aromatic heterocycles. The van der Waals surface area contributed by atoms with Crippen molar-refractivity contribution in [2.75, 3.05) is 13.2 Å². The number of carbonyl (C=O) groups is 1. The van der Waals surface area contributed by atoms with Gasteiger partial charge in [-0.15, -0.1) is 0 Å². The molecular weight excluding hydrogens is 210 g/mol. The predicted octanol–water partition coefficient (Wildman–Crippen LogP) is -1.15. The molecule has 0 amide bonds. The van der Waals surface area contributed by atoms with Crippen molar-refractivity contribution >= 4 is 21.3 Å². The molecule has 0 aromatic carbocycles. The van der Waals surface area contributed by atoms with Crippen LogP contribution in [-0.4, -0.2) is 43.7 Å². The summed E-state index contributed by atoms with van der Waals surface area (Å²) in [6.45, 7) is 0.100. The maximum absolute atomic E-state index is 10.7. The summed E-state index contributed by atoms with van der Waals surface area (Å²) >= 11 is 0. The van der Waals surface area contributed by atoms with E-state index in [1.54, 1.807) is 0 Å². The first-order valence-corrected chi connectivity index (χ1v) is 5.23. The van der Waals surface area contributed by atoms with Crippen LogP contribution in [0.4, 0.5) is 0 Å². The Morgan fingerprint density at radius 3 is 2.71 bits per heavy atom. The van der Waals surface area contributed by atoms with Crippen LogP contribution in [0.2, 0.25) is 0 Å². The van der Waals surface area contributed by atoms with Crippen molar-refractivity contribution in [1.29, 1.82) is 0 Å². The zero-order valence-electron chi connectivity index (χ0n) is 7.39. The summed E-state index contributed by atoms with van der Waals surface area (Å²) in [4.78, 5) is 10.2. The highest BCUT2D eigenvalue weighted by molar-refractivity contribution is 7.72. The number of nitrogens with one attached hydrogen (secondary N) is 1. The van der Waals surface area contributed by atoms with E-state index >= 15 is 0 Å². The molecule has 80 valence electrons. The van der Waals surface area contributed by atoms with Crippen molar-refractivity contribution in [3.63, 3.8) is 0 Å². The van der Waals surface area contributed by atoms with Crippen molar-refractivity contribution in [3.05, 3.63) is 0 Å². The van der Waals surface area contributed by atoms with Gasteiger partial charge in [0.2, 0.25) is 10.3 Å². The van der Waals surface area contributed by atoms with E-state index < -0.39 is 22.9 Å². The average Bonchev–Trinajstić information content (AvgIpc) is 2.56. The molecule has 1 aliphatic rings. The third-order valence-electron chi connectivity index (χ3n) is 1.85. The minimum absolute atomic E-state index is 0.204. The fraction of sp³-hybridized carbons (Fsp3) is 0.714. The molecule has 1 atom stereocenters. The van der Waals surface area contributed by atoms with Crippen molar-refractivity contribution in [2.45, 2.75) is 18.9 Å². The minimum atomic E-state index is -2.49. The number of aliphatic carboxylic acids is 1. The largest absolute Gasteiger partial charge is 0.480 e.